The third-order valence-electron chi connectivity index (χ3n) is 4.54. The second-order valence-corrected chi connectivity index (χ2v) is 7.50. The van der Waals surface area contributed by atoms with Gasteiger partial charge in [0.05, 0.1) is 5.69 Å². The van der Waals surface area contributed by atoms with Gasteiger partial charge in [-0.15, -0.1) is 10.2 Å². The summed E-state index contributed by atoms with van der Waals surface area (Å²) in [5.41, 5.74) is 4.93. The molecule has 27 heavy (non-hydrogen) atoms. The zero-order valence-electron chi connectivity index (χ0n) is 15.2. The number of aryl methyl sites for hydroxylation is 1. The van der Waals surface area contributed by atoms with E-state index < -0.39 is 0 Å². The maximum absolute atomic E-state index is 4.78. The van der Waals surface area contributed by atoms with Crippen molar-refractivity contribution in [1.82, 2.24) is 29.2 Å². The number of benzene rings is 1. The lowest BCUT2D eigenvalue weighted by atomic mass is 10.2. The first-order chi connectivity index (χ1) is 13.1. The first-order valence-corrected chi connectivity index (χ1v) is 9.37. The predicted molar refractivity (Wildman–Crippen MR) is 107 cm³/mol. The van der Waals surface area contributed by atoms with Crippen molar-refractivity contribution in [3.05, 3.63) is 54.4 Å². The molecule has 0 saturated heterocycles. The quantitative estimate of drug-likeness (QED) is 0.483. The Kier molecular flexibility index (Phi) is 3.48. The Morgan fingerprint density at radius 2 is 1.81 bits per heavy atom. The van der Waals surface area contributed by atoms with E-state index in [2.05, 4.69) is 44.3 Å². The third kappa shape index (κ3) is 2.48. The van der Waals surface area contributed by atoms with Crippen molar-refractivity contribution in [3.63, 3.8) is 0 Å². The summed E-state index contributed by atoms with van der Waals surface area (Å²) in [6.07, 6.45) is 1.99. The van der Waals surface area contributed by atoms with E-state index in [0.717, 1.165) is 38.3 Å². The zero-order valence-corrected chi connectivity index (χ0v) is 16.0. The van der Waals surface area contributed by atoms with E-state index in [9.17, 15) is 0 Å². The lowest BCUT2D eigenvalue weighted by molar-refractivity contribution is 0.954. The van der Waals surface area contributed by atoms with Crippen molar-refractivity contribution in [2.24, 2.45) is 0 Å². The fourth-order valence-corrected chi connectivity index (χ4v) is 4.01. The average molecular weight is 375 g/mol. The number of hydrogen-bond acceptors (Lipinski definition) is 6. The number of aromatic nitrogens is 6. The van der Waals surface area contributed by atoms with Gasteiger partial charge in [0.2, 0.25) is 10.8 Å². The van der Waals surface area contributed by atoms with Gasteiger partial charge in [-0.3, -0.25) is 4.40 Å². The summed E-state index contributed by atoms with van der Waals surface area (Å²) >= 11 is 1.53. The van der Waals surface area contributed by atoms with Crippen LogP contribution >= 0.6 is 11.3 Å². The molecule has 0 radical (unpaired) electrons. The van der Waals surface area contributed by atoms with Crippen LogP contribution < -0.4 is 4.90 Å². The van der Waals surface area contributed by atoms with E-state index in [1.807, 2.05) is 54.3 Å². The topological polar surface area (TPSA) is 63.6 Å². The Hall–Kier alpha value is -3.26. The van der Waals surface area contributed by atoms with Crippen LogP contribution in [-0.4, -0.2) is 43.3 Å². The number of imidazole rings is 1. The molecule has 1 aromatic carbocycles. The van der Waals surface area contributed by atoms with Gasteiger partial charge in [-0.05, 0) is 43.3 Å². The molecule has 0 spiro atoms. The number of rotatable bonds is 3. The van der Waals surface area contributed by atoms with Crippen LogP contribution in [-0.2, 0) is 0 Å². The second kappa shape index (κ2) is 5.88. The van der Waals surface area contributed by atoms with Crippen LogP contribution in [0.15, 0.2) is 48.7 Å². The van der Waals surface area contributed by atoms with Crippen molar-refractivity contribution in [1.29, 1.82) is 0 Å². The van der Waals surface area contributed by atoms with Crippen LogP contribution in [0.2, 0.25) is 0 Å². The monoisotopic (exact) mass is 375 g/mol. The van der Waals surface area contributed by atoms with Gasteiger partial charge in [0, 0.05) is 31.5 Å². The molecule has 8 heteroatoms. The van der Waals surface area contributed by atoms with Gasteiger partial charge in [0.25, 0.3) is 0 Å². The number of nitrogens with zero attached hydrogens (tertiary/aromatic N) is 7. The molecule has 0 aliphatic heterocycles. The van der Waals surface area contributed by atoms with Gasteiger partial charge in [0.15, 0.2) is 0 Å². The van der Waals surface area contributed by atoms with E-state index >= 15 is 0 Å². The van der Waals surface area contributed by atoms with Gasteiger partial charge in [-0.2, -0.15) is 9.61 Å². The van der Waals surface area contributed by atoms with Crippen molar-refractivity contribution in [3.8, 4) is 22.1 Å². The zero-order chi connectivity index (χ0) is 18.5. The Balaban J connectivity index is 1.64. The number of anilines is 1. The van der Waals surface area contributed by atoms with Crippen molar-refractivity contribution >= 4 is 27.6 Å². The molecule has 0 aliphatic carbocycles. The highest BCUT2D eigenvalue weighted by Gasteiger charge is 2.20. The van der Waals surface area contributed by atoms with E-state index in [4.69, 9.17) is 5.10 Å². The second-order valence-electron chi connectivity index (χ2n) is 6.54. The molecule has 0 fully saturated rings. The summed E-state index contributed by atoms with van der Waals surface area (Å²) in [7, 11) is 4.06. The maximum Gasteiger partial charge on any atom is 0.235 e. The van der Waals surface area contributed by atoms with Crippen LogP contribution in [0.25, 0.3) is 32.7 Å². The van der Waals surface area contributed by atoms with Crippen LogP contribution in [0.5, 0.6) is 0 Å². The highest BCUT2D eigenvalue weighted by atomic mass is 32.1. The molecular formula is C19H17N7S. The predicted octanol–water partition coefficient (Wildman–Crippen LogP) is 3.54. The van der Waals surface area contributed by atoms with Gasteiger partial charge in [-0.25, -0.2) is 4.98 Å². The normalized spacial score (nSPS) is 11.5. The lowest BCUT2D eigenvalue weighted by Crippen LogP contribution is -2.07. The number of hydrogen-bond donors (Lipinski definition) is 0. The van der Waals surface area contributed by atoms with Crippen LogP contribution in [0.4, 0.5) is 5.69 Å². The molecule has 0 saturated carbocycles. The molecule has 0 aliphatic rings. The van der Waals surface area contributed by atoms with Crippen LogP contribution in [0, 0.1) is 6.92 Å². The Labute approximate surface area is 159 Å². The molecule has 0 unspecified atom stereocenters. The third-order valence-corrected chi connectivity index (χ3v) is 5.49. The summed E-state index contributed by atoms with van der Waals surface area (Å²) in [6.45, 7) is 1.98. The maximum atomic E-state index is 4.78. The number of fused-ring (bicyclic) bond motifs is 2. The van der Waals surface area contributed by atoms with Gasteiger partial charge < -0.3 is 4.90 Å². The van der Waals surface area contributed by atoms with E-state index in [0.29, 0.717) is 5.82 Å². The van der Waals surface area contributed by atoms with Crippen LogP contribution in [0.1, 0.15) is 5.69 Å². The molecular weight excluding hydrogens is 358 g/mol. The molecule has 0 bridgehead atoms. The molecule has 0 amide bonds. The van der Waals surface area contributed by atoms with E-state index in [1.165, 1.54) is 11.3 Å². The van der Waals surface area contributed by atoms with Gasteiger partial charge in [0.1, 0.15) is 16.3 Å². The molecule has 4 aromatic heterocycles. The molecule has 7 nitrogen and oxygen atoms in total. The van der Waals surface area contributed by atoms with Gasteiger partial charge >= 0.3 is 0 Å². The lowest BCUT2D eigenvalue weighted by Gasteiger charge is -2.11. The van der Waals surface area contributed by atoms with Crippen molar-refractivity contribution in [2.45, 2.75) is 6.92 Å². The minimum atomic E-state index is 0.702. The van der Waals surface area contributed by atoms with E-state index in [1.54, 1.807) is 0 Å². The van der Waals surface area contributed by atoms with Gasteiger partial charge in [-0.1, -0.05) is 17.4 Å². The van der Waals surface area contributed by atoms with Crippen molar-refractivity contribution < 1.29 is 0 Å². The van der Waals surface area contributed by atoms with Crippen LogP contribution in [0.3, 0.4) is 0 Å². The Morgan fingerprint density at radius 1 is 1.00 bits per heavy atom. The fraction of sp³-hybridized carbons (Fsp3) is 0.158. The van der Waals surface area contributed by atoms with E-state index in [-0.39, 0.29) is 0 Å². The minimum Gasteiger partial charge on any atom is -0.378 e. The highest BCUT2D eigenvalue weighted by molar-refractivity contribution is 7.19. The summed E-state index contributed by atoms with van der Waals surface area (Å²) in [6, 6.07) is 14.3. The molecule has 0 N–H and O–H groups in total. The Morgan fingerprint density at radius 3 is 2.59 bits per heavy atom. The molecule has 134 valence electrons. The fourth-order valence-electron chi connectivity index (χ4n) is 3.17. The molecule has 5 rings (SSSR count). The number of pyridine rings is 1. The summed E-state index contributed by atoms with van der Waals surface area (Å²) < 4.78 is 3.83. The highest BCUT2D eigenvalue weighted by Crippen LogP contribution is 2.30. The summed E-state index contributed by atoms with van der Waals surface area (Å²) in [5.74, 6) is 0.702. The molecule has 0 atom stereocenters. The first-order valence-electron chi connectivity index (χ1n) is 8.56. The van der Waals surface area contributed by atoms with Crippen molar-refractivity contribution in [2.75, 3.05) is 19.0 Å². The average Bonchev–Trinajstić information content (AvgIpc) is 3.33. The molecule has 4 heterocycles. The summed E-state index contributed by atoms with van der Waals surface area (Å²) in [5, 5.41) is 14.4. The SMILES string of the molecule is Cc1nc2ccccn2c1-c1nnc2sc(-c3ccc(N(C)C)cc3)nn12. The summed E-state index contributed by atoms with van der Waals surface area (Å²) in [4.78, 5) is 7.46. The standard InChI is InChI=1S/C19H17N7S/c1-12-16(25-11-5-4-6-15(25)20-12)17-21-22-19-26(17)23-18(27-19)13-7-9-14(10-8-13)24(2)3/h4-11H,1-3H3. The smallest absolute Gasteiger partial charge is 0.235 e. The minimum absolute atomic E-state index is 0.702. The largest absolute Gasteiger partial charge is 0.378 e. The Bertz CT molecular complexity index is 1260. The molecule has 5 aromatic rings. The first kappa shape index (κ1) is 16.0.